The number of anilines is 12. The average Bonchev–Trinajstić information content (AvgIpc) is 4.00. The van der Waals surface area contributed by atoms with Crippen LogP contribution in [0, 0.1) is 0 Å². The lowest BCUT2D eigenvalue weighted by Gasteiger charge is -2.38. The van der Waals surface area contributed by atoms with Crippen LogP contribution < -0.4 is 43.9 Å². The van der Waals surface area contributed by atoms with E-state index in [1.807, 2.05) is 301 Å². The van der Waals surface area contributed by atoms with Crippen LogP contribution in [0.25, 0.3) is 0 Å². The fraction of sp³-hybridized carbons (Fsp3) is 0. The van der Waals surface area contributed by atoms with E-state index in [4.69, 9.17) is 0 Å². The summed E-state index contributed by atoms with van der Waals surface area (Å²) >= 11 is 0. The standard InChI is InChI=1S/C60H45N6O3P3/c67-70(61(46-25-7-1-8-26-46)55-37-19-20-38-56(55)62(70)47-27-9-2-10-28-47)52-43-53(71(68)63(48-29-11-3-12-30-48)57-39-21-22-40-58(57)64(71)49-31-13-4-14-32-49)45-54(44-52)72(69)65(50-33-15-5-16-34-50)59-41-23-24-42-60(59)66(72)51-35-17-6-18-36-51/h1-45H. The van der Waals surface area contributed by atoms with Crippen LogP contribution >= 0.6 is 22.3 Å². The molecule has 10 aromatic rings. The Labute approximate surface area is 419 Å². The fourth-order valence-corrected chi connectivity index (χ4v) is 20.1. The summed E-state index contributed by atoms with van der Waals surface area (Å²) in [5.74, 6) is 0. The molecule has 0 radical (unpaired) electrons. The van der Waals surface area contributed by atoms with Crippen molar-refractivity contribution in [3.63, 3.8) is 0 Å². The predicted octanol–water partition coefficient (Wildman–Crippen LogP) is 16.1. The van der Waals surface area contributed by atoms with E-state index < -0.39 is 22.3 Å². The van der Waals surface area contributed by atoms with Crippen molar-refractivity contribution < 1.29 is 13.7 Å². The van der Waals surface area contributed by atoms with Crippen LogP contribution in [0.2, 0.25) is 0 Å². The van der Waals surface area contributed by atoms with Crippen molar-refractivity contribution in [1.82, 2.24) is 0 Å². The van der Waals surface area contributed by atoms with Gasteiger partial charge in [-0.2, -0.15) is 0 Å². The first-order valence-corrected chi connectivity index (χ1v) is 28.6. The number of rotatable bonds is 9. The molecule has 0 fully saturated rings. The molecule has 0 amide bonds. The van der Waals surface area contributed by atoms with E-state index in [0.717, 1.165) is 34.1 Å². The lowest BCUT2D eigenvalue weighted by Crippen LogP contribution is -2.37. The van der Waals surface area contributed by atoms with Crippen molar-refractivity contribution in [2.75, 3.05) is 28.0 Å². The molecule has 0 atom stereocenters. The van der Waals surface area contributed by atoms with Crippen LogP contribution in [0.5, 0.6) is 0 Å². The maximum Gasteiger partial charge on any atom is 0.301 e. The molecule has 0 spiro atoms. The van der Waals surface area contributed by atoms with Gasteiger partial charge in [0, 0.05) is 34.1 Å². The lowest BCUT2D eigenvalue weighted by atomic mass is 10.2. The summed E-state index contributed by atoms with van der Waals surface area (Å²) in [5, 5.41) is 1.04. The van der Waals surface area contributed by atoms with Crippen LogP contribution in [0.1, 0.15) is 0 Å². The number of benzene rings is 10. The molecular weight excluding hydrogens is 946 g/mol. The number of hydrogen-bond donors (Lipinski definition) is 0. The molecule has 0 unspecified atom stereocenters. The van der Waals surface area contributed by atoms with Crippen molar-refractivity contribution >= 4 is 106 Å². The van der Waals surface area contributed by atoms with Gasteiger partial charge in [0.25, 0.3) is 0 Å². The molecule has 10 aromatic carbocycles. The largest absolute Gasteiger partial charge is 0.301 e. The molecule has 9 nitrogen and oxygen atoms in total. The van der Waals surface area contributed by atoms with Gasteiger partial charge in [0.2, 0.25) is 0 Å². The zero-order chi connectivity index (χ0) is 48.4. The number of hydrogen-bond acceptors (Lipinski definition) is 3. The zero-order valence-electron chi connectivity index (χ0n) is 38.7. The molecule has 3 heterocycles. The SMILES string of the molecule is O=P1(c2cc(P3(=O)N(c4ccccc4)c4ccccc4N3c3ccccc3)cc(P3(=O)N(c4ccccc4)c4ccccc4N3c3ccccc3)c2)N(c2ccccc2)c2ccccc2N1c1ccccc1. The Balaban J connectivity index is 1.19. The van der Waals surface area contributed by atoms with Gasteiger partial charge in [-0.25, -0.2) is 0 Å². The Morgan fingerprint density at radius 1 is 0.194 bits per heavy atom. The monoisotopic (exact) mass is 990 g/mol. The van der Waals surface area contributed by atoms with E-state index in [2.05, 4.69) is 0 Å². The number of para-hydroxylation sites is 12. The summed E-state index contributed by atoms with van der Waals surface area (Å²) in [7, 11) is -12.7. The van der Waals surface area contributed by atoms with Gasteiger partial charge in [-0.3, -0.25) is 41.7 Å². The Morgan fingerprint density at radius 2 is 0.333 bits per heavy atom. The van der Waals surface area contributed by atoms with Crippen LogP contribution in [-0.2, 0) is 13.7 Å². The molecular formula is C60H45N6O3P3. The van der Waals surface area contributed by atoms with Crippen LogP contribution in [-0.4, -0.2) is 0 Å². The van der Waals surface area contributed by atoms with Crippen molar-refractivity contribution in [3.05, 3.63) is 273 Å². The minimum absolute atomic E-state index is 0.346. The van der Waals surface area contributed by atoms with E-state index >= 15 is 13.7 Å². The Kier molecular flexibility index (Phi) is 10.5. The van der Waals surface area contributed by atoms with Crippen LogP contribution in [0.4, 0.5) is 68.2 Å². The predicted molar refractivity (Wildman–Crippen MR) is 299 cm³/mol. The van der Waals surface area contributed by atoms with E-state index in [1.54, 1.807) is 0 Å². The molecule has 348 valence electrons. The second-order valence-electron chi connectivity index (χ2n) is 17.7. The molecule has 0 saturated carbocycles. The zero-order valence-corrected chi connectivity index (χ0v) is 41.4. The highest BCUT2D eigenvalue weighted by molar-refractivity contribution is 7.79. The van der Waals surface area contributed by atoms with Crippen molar-refractivity contribution in [1.29, 1.82) is 0 Å². The minimum atomic E-state index is -4.23. The summed E-state index contributed by atoms with van der Waals surface area (Å²) in [6, 6.07) is 88.0. The van der Waals surface area contributed by atoms with Gasteiger partial charge in [-0.15, -0.1) is 0 Å². The van der Waals surface area contributed by atoms with Crippen LogP contribution in [0.15, 0.2) is 273 Å². The van der Waals surface area contributed by atoms with E-state index in [1.165, 1.54) is 0 Å². The van der Waals surface area contributed by atoms with Crippen molar-refractivity contribution in [3.8, 4) is 0 Å². The third kappa shape index (κ3) is 6.52. The Morgan fingerprint density at radius 3 is 0.486 bits per heavy atom. The maximum absolute atomic E-state index is 17.9. The van der Waals surface area contributed by atoms with Crippen molar-refractivity contribution in [2.24, 2.45) is 0 Å². The average molecular weight is 991 g/mol. The lowest BCUT2D eigenvalue weighted by molar-refractivity contribution is 0.582. The smallest absolute Gasteiger partial charge is 0.270 e. The summed E-state index contributed by atoms with van der Waals surface area (Å²) in [5.41, 5.74) is 8.60. The van der Waals surface area contributed by atoms with E-state index in [9.17, 15) is 0 Å². The molecule has 13 rings (SSSR count). The van der Waals surface area contributed by atoms with Gasteiger partial charge in [0.15, 0.2) is 0 Å². The van der Waals surface area contributed by atoms with Gasteiger partial charge in [-0.05, 0) is 127 Å². The Hall–Kier alpha value is -8.31. The highest BCUT2D eigenvalue weighted by Crippen LogP contribution is 2.74. The first-order valence-electron chi connectivity index (χ1n) is 23.8. The van der Waals surface area contributed by atoms with Gasteiger partial charge < -0.3 is 0 Å². The van der Waals surface area contributed by atoms with Gasteiger partial charge in [0.05, 0.1) is 50.0 Å². The molecule has 3 aliphatic heterocycles. The third-order valence-electron chi connectivity index (χ3n) is 13.5. The second kappa shape index (κ2) is 17.2. The minimum Gasteiger partial charge on any atom is -0.270 e. The first-order chi connectivity index (χ1) is 35.4. The molecule has 0 saturated heterocycles. The van der Waals surface area contributed by atoms with E-state index in [0.29, 0.717) is 50.0 Å². The molecule has 12 heteroatoms. The van der Waals surface area contributed by atoms with Crippen molar-refractivity contribution in [2.45, 2.75) is 0 Å². The molecule has 0 aliphatic carbocycles. The first kappa shape index (κ1) is 43.7. The van der Waals surface area contributed by atoms with E-state index in [-0.39, 0.29) is 0 Å². The number of nitrogens with zero attached hydrogens (tertiary/aromatic N) is 6. The number of fused-ring (bicyclic) bond motifs is 3. The molecule has 0 bridgehead atoms. The maximum atomic E-state index is 17.9. The molecule has 3 aliphatic rings. The van der Waals surface area contributed by atoms with Crippen LogP contribution in [0.3, 0.4) is 0 Å². The molecule has 0 aromatic heterocycles. The highest BCUT2D eigenvalue weighted by Gasteiger charge is 2.56. The molecule has 0 N–H and O–H groups in total. The summed E-state index contributed by atoms with van der Waals surface area (Å²) in [4.78, 5) is 0. The molecule has 72 heavy (non-hydrogen) atoms. The summed E-state index contributed by atoms with van der Waals surface area (Å²) in [6.45, 7) is 0. The fourth-order valence-electron chi connectivity index (χ4n) is 10.6. The summed E-state index contributed by atoms with van der Waals surface area (Å²) < 4.78 is 65.4. The quantitative estimate of drug-likeness (QED) is 0.132. The second-order valence-corrected chi connectivity index (χ2v) is 24.9. The highest BCUT2D eigenvalue weighted by atomic mass is 31.2. The van der Waals surface area contributed by atoms with Gasteiger partial charge in [0.1, 0.15) is 0 Å². The Bertz CT molecular complexity index is 3180. The topological polar surface area (TPSA) is 70.6 Å². The summed E-state index contributed by atoms with van der Waals surface area (Å²) in [6.07, 6.45) is 0. The third-order valence-corrected chi connectivity index (χ3v) is 22.3. The van der Waals surface area contributed by atoms with Gasteiger partial charge >= 0.3 is 22.3 Å². The van der Waals surface area contributed by atoms with Gasteiger partial charge in [-0.1, -0.05) is 146 Å². The normalized spacial score (nSPS) is 15.8.